The number of nitrogens with zero attached hydrogens (tertiary/aromatic N) is 1. The second-order valence-electron chi connectivity index (χ2n) is 5.37. The molecule has 0 spiro atoms. The summed E-state index contributed by atoms with van der Waals surface area (Å²) >= 11 is 0. The molecular formula is C17H15NO3. The Morgan fingerprint density at radius 2 is 1.81 bits per heavy atom. The van der Waals surface area contributed by atoms with Crippen molar-refractivity contribution in [2.45, 2.75) is 11.6 Å². The molecule has 0 saturated carbocycles. The number of carbonyl (C=O) groups is 1. The molecule has 2 heterocycles. The molecule has 2 aromatic rings. The molecule has 2 atom stereocenters. The van der Waals surface area contributed by atoms with Crippen LogP contribution in [0.4, 0.5) is 0 Å². The maximum atomic E-state index is 12.2. The Morgan fingerprint density at radius 3 is 2.62 bits per heavy atom. The van der Waals surface area contributed by atoms with E-state index >= 15 is 0 Å². The van der Waals surface area contributed by atoms with Crippen molar-refractivity contribution in [3.05, 3.63) is 65.7 Å². The first-order valence-corrected chi connectivity index (χ1v) is 7.03. The Balaban J connectivity index is 2.01. The molecule has 2 aliphatic heterocycles. The summed E-state index contributed by atoms with van der Waals surface area (Å²) in [6.07, 6.45) is -1.07. The molecule has 0 bridgehead atoms. The third-order valence-electron chi connectivity index (χ3n) is 4.41. The molecule has 0 aromatic heterocycles. The smallest absolute Gasteiger partial charge is 0.255 e. The predicted octanol–water partition coefficient (Wildman–Crippen LogP) is 1.53. The quantitative estimate of drug-likeness (QED) is 0.806. The number of amides is 1. The number of β-lactam (4-membered cyclic amide) rings is 1. The lowest BCUT2D eigenvalue weighted by molar-refractivity contribution is -0.180. The Bertz CT molecular complexity index is 700. The molecule has 0 unspecified atom stereocenters. The van der Waals surface area contributed by atoms with Crippen LogP contribution in [0.3, 0.4) is 0 Å². The number of fused-ring (bicyclic) bond motifs is 3. The molecule has 0 radical (unpaired) electrons. The topological polar surface area (TPSA) is 49.8 Å². The van der Waals surface area contributed by atoms with Gasteiger partial charge < -0.3 is 14.7 Å². The van der Waals surface area contributed by atoms with E-state index in [1.165, 1.54) is 0 Å². The van der Waals surface area contributed by atoms with Crippen molar-refractivity contribution in [3.63, 3.8) is 0 Å². The summed E-state index contributed by atoms with van der Waals surface area (Å²) < 4.78 is 5.77. The van der Waals surface area contributed by atoms with Crippen LogP contribution in [0, 0.1) is 0 Å². The van der Waals surface area contributed by atoms with Crippen LogP contribution in [0.2, 0.25) is 0 Å². The Hall–Kier alpha value is -2.33. The fourth-order valence-electron chi connectivity index (χ4n) is 3.48. The average molecular weight is 281 g/mol. The summed E-state index contributed by atoms with van der Waals surface area (Å²) in [6, 6.07) is 17.3. The van der Waals surface area contributed by atoms with Gasteiger partial charge in [0.15, 0.2) is 6.10 Å². The van der Waals surface area contributed by atoms with E-state index in [9.17, 15) is 9.90 Å². The van der Waals surface area contributed by atoms with Gasteiger partial charge in [0.25, 0.3) is 5.91 Å². The van der Waals surface area contributed by atoms with Crippen molar-refractivity contribution >= 4 is 5.91 Å². The third-order valence-corrected chi connectivity index (χ3v) is 4.41. The minimum atomic E-state index is -1.07. The van der Waals surface area contributed by atoms with Gasteiger partial charge in [-0.1, -0.05) is 48.5 Å². The van der Waals surface area contributed by atoms with Crippen LogP contribution in [0.15, 0.2) is 54.6 Å². The first-order valence-electron chi connectivity index (χ1n) is 7.03. The minimum Gasteiger partial charge on any atom is -0.491 e. The van der Waals surface area contributed by atoms with Gasteiger partial charge in [-0.15, -0.1) is 0 Å². The van der Waals surface area contributed by atoms with Gasteiger partial charge in [0.1, 0.15) is 17.9 Å². The summed E-state index contributed by atoms with van der Waals surface area (Å²) in [5.41, 5.74) is 0.932. The van der Waals surface area contributed by atoms with Gasteiger partial charge in [-0.2, -0.15) is 0 Å². The van der Waals surface area contributed by atoms with Crippen LogP contribution in [0.1, 0.15) is 11.1 Å². The summed E-state index contributed by atoms with van der Waals surface area (Å²) in [5, 5.41) is 10.5. The lowest BCUT2D eigenvalue weighted by Gasteiger charge is -2.55. The van der Waals surface area contributed by atoms with Crippen molar-refractivity contribution in [1.82, 2.24) is 4.90 Å². The summed E-state index contributed by atoms with van der Waals surface area (Å²) in [7, 11) is 0. The van der Waals surface area contributed by atoms with E-state index in [1.54, 1.807) is 4.90 Å². The number of ether oxygens (including phenoxy) is 1. The largest absolute Gasteiger partial charge is 0.491 e. The van der Waals surface area contributed by atoms with Crippen molar-refractivity contribution in [3.8, 4) is 5.75 Å². The van der Waals surface area contributed by atoms with Gasteiger partial charge in [-0.05, 0) is 11.6 Å². The zero-order valence-corrected chi connectivity index (χ0v) is 11.4. The molecule has 1 fully saturated rings. The van der Waals surface area contributed by atoms with E-state index in [2.05, 4.69) is 0 Å². The van der Waals surface area contributed by atoms with E-state index in [4.69, 9.17) is 4.74 Å². The zero-order chi connectivity index (χ0) is 14.4. The first kappa shape index (κ1) is 12.4. The van der Waals surface area contributed by atoms with E-state index in [1.807, 2.05) is 54.6 Å². The molecule has 0 aliphatic carbocycles. The summed E-state index contributed by atoms with van der Waals surface area (Å²) in [6.45, 7) is 0.906. The highest BCUT2D eigenvalue weighted by Crippen LogP contribution is 2.50. The van der Waals surface area contributed by atoms with Gasteiger partial charge in [-0.25, -0.2) is 0 Å². The molecule has 1 amide bonds. The highest BCUT2D eigenvalue weighted by atomic mass is 16.5. The predicted molar refractivity (Wildman–Crippen MR) is 76.9 cm³/mol. The van der Waals surface area contributed by atoms with E-state index in [0.717, 1.165) is 16.9 Å². The summed E-state index contributed by atoms with van der Waals surface area (Å²) in [4.78, 5) is 13.9. The standard InChI is InChI=1S/C17H15NO3/c19-15-16(20)18-10-11-21-14-9-5-4-8-13(14)17(15,18)12-6-2-1-3-7-12/h1-9,15,19H,10-11H2/t15-,17+/m1/s1. The van der Waals surface area contributed by atoms with Crippen molar-refractivity contribution < 1.29 is 14.6 Å². The summed E-state index contributed by atoms with van der Waals surface area (Å²) in [5.74, 6) is 0.495. The number of aliphatic hydroxyl groups excluding tert-OH is 1. The van der Waals surface area contributed by atoms with Gasteiger partial charge in [-0.3, -0.25) is 4.79 Å². The molecule has 2 aromatic carbocycles. The van der Waals surface area contributed by atoms with Crippen LogP contribution in [0.5, 0.6) is 5.75 Å². The average Bonchev–Trinajstić information content (AvgIpc) is 2.70. The fourth-order valence-corrected chi connectivity index (χ4v) is 3.48. The van der Waals surface area contributed by atoms with Crippen molar-refractivity contribution in [2.24, 2.45) is 0 Å². The minimum absolute atomic E-state index is 0.237. The molecular weight excluding hydrogens is 266 g/mol. The lowest BCUT2D eigenvalue weighted by Crippen LogP contribution is -2.72. The highest BCUT2D eigenvalue weighted by Gasteiger charge is 2.63. The van der Waals surface area contributed by atoms with E-state index in [0.29, 0.717) is 13.2 Å². The molecule has 4 heteroatoms. The SMILES string of the molecule is O=C1[C@@H](O)[C@]2(c3ccccc3)c3ccccc3OCCN12. The first-order chi connectivity index (χ1) is 10.3. The number of aliphatic hydroxyl groups is 1. The molecule has 1 saturated heterocycles. The van der Waals surface area contributed by atoms with Gasteiger partial charge in [0.05, 0.1) is 6.54 Å². The fraction of sp³-hybridized carbons (Fsp3) is 0.235. The molecule has 4 rings (SSSR count). The van der Waals surface area contributed by atoms with Crippen LogP contribution in [-0.4, -0.2) is 35.2 Å². The highest BCUT2D eigenvalue weighted by molar-refractivity contribution is 5.93. The Morgan fingerprint density at radius 1 is 1.10 bits per heavy atom. The van der Waals surface area contributed by atoms with E-state index < -0.39 is 11.6 Å². The molecule has 1 N–H and O–H groups in total. The molecule has 2 aliphatic rings. The maximum absolute atomic E-state index is 12.2. The Kier molecular flexibility index (Phi) is 2.56. The molecule has 4 nitrogen and oxygen atoms in total. The van der Waals surface area contributed by atoms with Gasteiger partial charge >= 0.3 is 0 Å². The van der Waals surface area contributed by atoms with Crippen LogP contribution in [-0.2, 0) is 10.3 Å². The number of rotatable bonds is 1. The number of hydrogen-bond acceptors (Lipinski definition) is 3. The monoisotopic (exact) mass is 281 g/mol. The number of carbonyl (C=O) groups excluding carboxylic acids is 1. The second-order valence-corrected chi connectivity index (χ2v) is 5.37. The number of benzene rings is 2. The molecule has 21 heavy (non-hydrogen) atoms. The Labute approximate surface area is 122 Å². The van der Waals surface area contributed by atoms with Gasteiger partial charge in [0, 0.05) is 5.56 Å². The van der Waals surface area contributed by atoms with Crippen molar-refractivity contribution in [1.29, 1.82) is 0 Å². The second kappa shape index (κ2) is 4.33. The third kappa shape index (κ3) is 1.45. The van der Waals surface area contributed by atoms with Crippen LogP contribution in [0.25, 0.3) is 0 Å². The lowest BCUT2D eigenvalue weighted by atomic mass is 9.70. The maximum Gasteiger partial charge on any atom is 0.255 e. The van der Waals surface area contributed by atoms with Crippen LogP contribution < -0.4 is 4.74 Å². The normalized spacial score (nSPS) is 27.0. The number of hydrogen-bond donors (Lipinski definition) is 1. The number of para-hydroxylation sites is 1. The van der Waals surface area contributed by atoms with Gasteiger partial charge in [0.2, 0.25) is 0 Å². The van der Waals surface area contributed by atoms with E-state index in [-0.39, 0.29) is 5.91 Å². The zero-order valence-electron chi connectivity index (χ0n) is 11.4. The molecule has 106 valence electrons. The van der Waals surface area contributed by atoms with Crippen LogP contribution >= 0.6 is 0 Å². The van der Waals surface area contributed by atoms with Crippen molar-refractivity contribution in [2.75, 3.05) is 13.2 Å².